The molecule has 4 atom stereocenters. The van der Waals surface area contributed by atoms with Crippen molar-refractivity contribution < 1.29 is 40.9 Å². The fourth-order valence-electron chi connectivity index (χ4n) is 8.72. The Morgan fingerprint density at radius 3 is 2.55 bits per heavy atom. The van der Waals surface area contributed by atoms with Crippen LogP contribution in [-0.2, 0) is 0 Å². The third-order valence-corrected chi connectivity index (χ3v) is 10.9. The maximum Gasteiger partial charge on any atom is 0.392 e. The van der Waals surface area contributed by atoms with Crippen LogP contribution in [-0.4, -0.2) is 82.2 Å². The molecule has 2 bridgehead atoms. The quantitative estimate of drug-likeness (QED) is 0.150. The minimum absolute atomic E-state index is 0.0368. The molecule has 2 aromatic heterocycles. The predicted octanol–water partition coefficient (Wildman–Crippen LogP) is 7.33. The molecule has 0 radical (unpaired) electrons. The fraction of sp³-hybridized carbons (Fsp3) is 0.486. The fourth-order valence-corrected chi connectivity index (χ4v) is 8.72. The molecule has 5 heterocycles. The lowest BCUT2D eigenvalue weighted by atomic mass is 9.95. The van der Waals surface area contributed by atoms with Crippen LogP contribution in [0.5, 0.6) is 17.6 Å². The zero-order chi connectivity index (χ0) is 35.7. The number of ether oxygens (including phenoxy) is 2. The Morgan fingerprint density at radius 1 is 1.02 bits per heavy atom. The van der Waals surface area contributed by atoms with Crippen LogP contribution in [0.15, 0.2) is 24.3 Å². The topological polar surface area (TPSA) is 83.8 Å². The van der Waals surface area contributed by atoms with Crippen molar-refractivity contribution in [1.29, 1.82) is 0 Å². The van der Waals surface area contributed by atoms with Gasteiger partial charge in [-0.05, 0) is 74.1 Å². The van der Waals surface area contributed by atoms with E-state index in [0.717, 1.165) is 44.4 Å². The average Bonchev–Trinajstić information content (AvgIpc) is 3.73. The number of phenols is 1. The van der Waals surface area contributed by atoms with Gasteiger partial charge in [0.25, 0.3) is 0 Å². The molecule has 268 valence electrons. The van der Waals surface area contributed by atoms with Crippen molar-refractivity contribution in [2.75, 3.05) is 44.3 Å². The number of halogens is 6. The van der Waals surface area contributed by atoms with Gasteiger partial charge in [0, 0.05) is 37.0 Å². The van der Waals surface area contributed by atoms with Crippen LogP contribution in [0.3, 0.4) is 0 Å². The number of alkyl halides is 4. The minimum Gasteiger partial charge on any atom is -0.508 e. The summed E-state index contributed by atoms with van der Waals surface area (Å²) in [7, 11) is 0. The largest absolute Gasteiger partial charge is 0.508 e. The molecule has 3 aliphatic heterocycles. The second-order valence-electron chi connectivity index (χ2n) is 14.3. The third kappa shape index (κ3) is 6.13. The summed E-state index contributed by atoms with van der Waals surface area (Å²) in [5.74, 6) is 0.695. The molecule has 3 saturated heterocycles. The summed E-state index contributed by atoms with van der Waals surface area (Å²) in [5, 5.41) is 11.0. The third-order valence-electron chi connectivity index (χ3n) is 10.9. The molecule has 2 aromatic carbocycles. The first kappa shape index (κ1) is 33.6. The van der Waals surface area contributed by atoms with Crippen molar-refractivity contribution in [2.45, 2.75) is 62.8 Å². The molecule has 51 heavy (non-hydrogen) atoms. The van der Waals surface area contributed by atoms with Crippen LogP contribution < -0.4 is 14.4 Å². The van der Waals surface area contributed by atoms with Crippen LogP contribution in [0.2, 0.25) is 0 Å². The van der Waals surface area contributed by atoms with Gasteiger partial charge in [-0.2, -0.15) is 23.1 Å². The van der Waals surface area contributed by atoms with Gasteiger partial charge in [-0.25, -0.2) is 18.2 Å². The monoisotopic (exact) mass is 711 g/mol. The first-order valence-electron chi connectivity index (χ1n) is 17.2. The Balaban J connectivity index is 1.33. The number of fused-ring (bicyclic) bond motifs is 5. The SMILES string of the molecule is C#Cc1c(F)ccc2cc(O)cc(-c3nc(OCCC(F)(F)F)c4c(N5CC6CCC(C6)C5)nc(OC[C@@]56CCCN5C[C@H](F)C6)nc4c3F)c12. The normalized spacial score (nSPS) is 24.7. The molecular formula is C37H35F6N5O3. The number of benzene rings is 2. The Labute approximate surface area is 289 Å². The maximum absolute atomic E-state index is 17.2. The lowest BCUT2D eigenvalue weighted by Gasteiger charge is -2.34. The van der Waals surface area contributed by atoms with Crippen LogP contribution >= 0.6 is 0 Å². The Morgan fingerprint density at radius 2 is 1.80 bits per heavy atom. The summed E-state index contributed by atoms with van der Waals surface area (Å²) in [4.78, 5) is 17.7. The number of aromatic hydroxyl groups is 1. The minimum atomic E-state index is -4.56. The Bertz CT molecular complexity index is 2060. The van der Waals surface area contributed by atoms with Gasteiger partial charge >= 0.3 is 12.2 Å². The first-order valence-corrected chi connectivity index (χ1v) is 17.2. The number of rotatable bonds is 8. The van der Waals surface area contributed by atoms with Crippen molar-refractivity contribution in [2.24, 2.45) is 11.8 Å². The molecule has 14 heteroatoms. The number of hydrogen-bond acceptors (Lipinski definition) is 8. The summed E-state index contributed by atoms with van der Waals surface area (Å²) in [5.41, 5.74) is -1.71. The van der Waals surface area contributed by atoms with Crippen LogP contribution in [0.1, 0.15) is 50.5 Å². The van der Waals surface area contributed by atoms with E-state index < -0.39 is 48.2 Å². The molecule has 4 aromatic rings. The van der Waals surface area contributed by atoms with Crippen molar-refractivity contribution in [1.82, 2.24) is 19.9 Å². The molecule has 4 fully saturated rings. The number of hydrogen-bond donors (Lipinski definition) is 1. The van der Waals surface area contributed by atoms with Gasteiger partial charge in [-0.15, -0.1) is 6.42 Å². The van der Waals surface area contributed by atoms with E-state index in [2.05, 4.69) is 20.8 Å². The van der Waals surface area contributed by atoms with Gasteiger partial charge in [0.1, 0.15) is 46.8 Å². The standard InChI is InChI=1S/C37H35F6N5O3/c1-2-25-27(39)7-6-22-13-24(49)14-26(28(22)25)31-30(40)32-29(34(44-31)50-11-9-37(41,42)43)33(47-16-20-4-5-21(12-20)17-47)46-35(45-32)51-19-36-8-3-10-48(36)18-23(38)15-36/h1,6-7,13-14,20-21,23,49H,3-5,8-12,15-19H2/t20?,21?,23-,36+/m1/s1. The van der Waals surface area contributed by atoms with Gasteiger partial charge in [0.05, 0.1) is 24.1 Å². The molecule has 2 unspecified atom stereocenters. The highest BCUT2D eigenvalue weighted by Crippen LogP contribution is 2.46. The van der Waals surface area contributed by atoms with E-state index >= 15 is 8.78 Å². The summed E-state index contributed by atoms with van der Waals surface area (Å²) < 4.78 is 98.8. The van der Waals surface area contributed by atoms with E-state index in [1.807, 2.05) is 4.90 Å². The molecule has 8 nitrogen and oxygen atoms in total. The molecule has 1 saturated carbocycles. The predicted molar refractivity (Wildman–Crippen MR) is 178 cm³/mol. The highest BCUT2D eigenvalue weighted by molar-refractivity contribution is 6.04. The zero-order valence-corrected chi connectivity index (χ0v) is 27.6. The number of pyridine rings is 1. The summed E-state index contributed by atoms with van der Waals surface area (Å²) >= 11 is 0. The summed E-state index contributed by atoms with van der Waals surface area (Å²) in [6.45, 7) is 1.37. The van der Waals surface area contributed by atoms with Gasteiger partial charge in [-0.3, -0.25) is 4.90 Å². The van der Waals surface area contributed by atoms with Crippen molar-refractivity contribution in [3.63, 3.8) is 0 Å². The lowest BCUT2D eigenvalue weighted by molar-refractivity contribution is -0.139. The first-order chi connectivity index (χ1) is 24.4. The smallest absolute Gasteiger partial charge is 0.392 e. The number of terminal acetylenes is 1. The number of phenolic OH excluding ortho intramolecular Hbond substituents is 1. The van der Waals surface area contributed by atoms with Crippen LogP contribution in [0, 0.1) is 35.8 Å². The molecule has 4 aliphatic rings. The molecule has 0 amide bonds. The van der Waals surface area contributed by atoms with Crippen molar-refractivity contribution in [3.8, 4) is 41.2 Å². The average molecular weight is 712 g/mol. The van der Waals surface area contributed by atoms with Crippen molar-refractivity contribution in [3.05, 3.63) is 41.5 Å². The molecular weight excluding hydrogens is 676 g/mol. The number of aromatic nitrogens is 3. The molecule has 0 spiro atoms. The second-order valence-corrected chi connectivity index (χ2v) is 14.3. The van der Waals surface area contributed by atoms with E-state index in [1.165, 1.54) is 12.1 Å². The lowest BCUT2D eigenvalue weighted by Crippen LogP contribution is -2.43. The van der Waals surface area contributed by atoms with Crippen molar-refractivity contribution >= 4 is 27.5 Å². The van der Waals surface area contributed by atoms with Gasteiger partial charge in [0.2, 0.25) is 5.88 Å². The van der Waals surface area contributed by atoms with E-state index in [9.17, 15) is 22.7 Å². The Kier molecular flexibility index (Phi) is 8.32. The van der Waals surface area contributed by atoms with E-state index in [0.29, 0.717) is 37.9 Å². The summed E-state index contributed by atoms with van der Waals surface area (Å²) in [6.07, 6.45) is 3.68. The van der Waals surface area contributed by atoms with Crippen LogP contribution in [0.4, 0.5) is 32.2 Å². The van der Waals surface area contributed by atoms with Crippen LogP contribution in [0.25, 0.3) is 32.9 Å². The molecule has 1 N–H and O–H groups in total. The number of piperidine rings is 1. The van der Waals surface area contributed by atoms with E-state index in [-0.39, 0.29) is 69.3 Å². The van der Waals surface area contributed by atoms with E-state index in [4.69, 9.17) is 20.9 Å². The maximum atomic E-state index is 17.2. The summed E-state index contributed by atoms with van der Waals surface area (Å²) in [6, 6.07) is 4.77. The molecule has 8 rings (SSSR count). The van der Waals surface area contributed by atoms with E-state index in [1.54, 1.807) is 0 Å². The number of nitrogens with zero attached hydrogens (tertiary/aromatic N) is 5. The zero-order valence-electron chi connectivity index (χ0n) is 27.6. The second kappa shape index (κ2) is 12.6. The Hall–Kier alpha value is -4.51. The highest BCUT2D eigenvalue weighted by Gasteiger charge is 2.49. The van der Waals surface area contributed by atoms with Gasteiger partial charge in [-0.1, -0.05) is 12.0 Å². The van der Waals surface area contributed by atoms with Gasteiger partial charge in [0.15, 0.2) is 5.82 Å². The number of anilines is 1. The molecule has 1 aliphatic carbocycles. The van der Waals surface area contributed by atoms with Gasteiger partial charge < -0.3 is 19.5 Å². The highest BCUT2D eigenvalue weighted by atomic mass is 19.4.